The lowest BCUT2D eigenvalue weighted by atomic mass is 9.94. The fraction of sp³-hybridized carbons (Fsp3) is 0.179. The number of ether oxygens (including phenoxy) is 4. The Labute approximate surface area is 223 Å². The summed E-state index contributed by atoms with van der Waals surface area (Å²) < 4.78 is 21.1. The number of methoxy groups -OCH3 is 3. The van der Waals surface area contributed by atoms with E-state index >= 15 is 0 Å². The van der Waals surface area contributed by atoms with Gasteiger partial charge < -0.3 is 24.1 Å². The molecular weight excluding hydrogens is 514 g/mol. The fourth-order valence-corrected chi connectivity index (χ4v) is 4.49. The Hall–Kier alpha value is -4.50. The lowest BCUT2D eigenvalue weighted by Crippen LogP contribution is -2.29. The van der Waals surface area contributed by atoms with Gasteiger partial charge in [0.1, 0.15) is 28.8 Å². The number of nitrogens with zero attached hydrogens (tertiary/aromatic N) is 1. The standard InChI is InChI=1S/C28H24ClNO8/c1-15(31)38-19-7-5-6-16(12-19)25-24(26(32)20-13-23(37-4)21(29)14-22(20)36-3)27(33)28(34)30(25)17-8-10-18(35-2)11-9-17/h5-14,25,32H,1-4H3/b26-24+. The predicted octanol–water partition coefficient (Wildman–Crippen LogP) is 4.92. The summed E-state index contributed by atoms with van der Waals surface area (Å²) in [5, 5.41) is 11.7. The second-order valence-electron chi connectivity index (χ2n) is 8.22. The summed E-state index contributed by atoms with van der Waals surface area (Å²) in [4.78, 5) is 39.7. The molecule has 38 heavy (non-hydrogen) atoms. The molecule has 1 saturated heterocycles. The van der Waals surface area contributed by atoms with Gasteiger partial charge in [-0.25, -0.2) is 0 Å². The van der Waals surface area contributed by atoms with E-state index in [1.165, 1.54) is 51.4 Å². The Kier molecular flexibility index (Phi) is 7.59. The number of carbonyl (C=O) groups is 3. The first kappa shape index (κ1) is 26.6. The first-order valence-corrected chi connectivity index (χ1v) is 11.7. The smallest absolute Gasteiger partial charge is 0.308 e. The Balaban J connectivity index is 1.98. The average molecular weight is 538 g/mol. The van der Waals surface area contributed by atoms with Gasteiger partial charge >= 0.3 is 5.97 Å². The molecular formula is C28H24ClNO8. The summed E-state index contributed by atoms with van der Waals surface area (Å²) in [6, 6.07) is 14.7. The highest BCUT2D eigenvalue weighted by Crippen LogP contribution is 2.45. The van der Waals surface area contributed by atoms with Gasteiger partial charge in [-0.15, -0.1) is 0 Å². The quantitative estimate of drug-likeness (QED) is 0.149. The van der Waals surface area contributed by atoms with Crippen LogP contribution in [0.1, 0.15) is 24.1 Å². The van der Waals surface area contributed by atoms with E-state index in [0.717, 1.165) is 0 Å². The maximum Gasteiger partial charge on any atom is 0.308 e. The van der Waals surface area contributed by atoms with Crippen LogP contribution in [0.4, 0.5) is 5.69 Å². The maximum atomic E-state index is 13.5. The molecule has 0 saturated carbocycles. The van der Waals surface area contributed by atoms with E-state index in [-0.39, 0.29) is 33.4 Å². The largest absolute Gasteiger partial charge is 0.507 e. The number of ketones is 1. The lowest BCUT2D eigenvalue weighted by molar-refractivity contribution is -0.132. The van der Waals surface area contributed by atoms with Crippen molar-refractivity contribution in [2.75, 3.05) is 26.2 Å². The van der Waals surface area contributed by atoms with Crippen molar-refractivity contribution in [3.05, 3.63) is 82.4 Å². The van der Waals surface area contributed by atoms with Gasteiger partial charge in [0.05, 0.1) is 43.5 Å². The minimum atomic E-state index is -1.08. The van der Waals surface area contributed by atoms with Crippen LogP contribution in [0.2, 0.25) is 5.02 Å². The third kappa shape index (κ3) is 4.88. The van der Waals surface area contributed by atoms with E-state index in [1.807, 2.05) is 0 Å². The third-order valence-electron chi connectivity index (χ3n) is 5.96. The van der Waals surface area contributed by atoms with Crippen LogP contribution in [0.15, 0.2) is 66.2 Å². The highest BCUT2D eigenvalue weighted by molar-refractivity contribution is 6.51. The molecule has 1 amide bonds. The van der Waals surface area contributed by atoms with E-state index in [4.69, 9.17) is 30.5 Å². The van der Waals surface area contributed by atoms with E-state index in [2.05, 4.69) is 0 Å². The number of carbonyl (C=O) groups excluding carboxylic acids is 3. The third-order valence-corrected chi connectivity index (χ3v) is 6.25. The number of aliphatic hydroxyl groups excluding tert-OH is 1. The van der Waals surface area contributed by atoms with Crippen LogP contribution in [0.5, 0.6) is 23.0 Å². The topological polar surface area (TPSA) is 112 Å². The predicted molar refractivity (Wildman–Crippen MR) is 140 cm³/mol. The summed E-state index contributed by atoms with van der Waals surface area (Å²) in [5.74, 6) is -1.66. The average Bonchev–Trinajstić information content (AvgIpc) is 3.18. The zero-order valence-corrected chi connectivity index (χ0v) is 21.7. The number of halogens is 1. The van der Waals surface area contributed by atoms with Crippen LogP contribution in [0, 0.1) is 0 Å². The van der Waals surface area contributed by atoms with Gasteiger partial charge in [0, 0.05) is 18.7 Å². The number of hydrogen-bond acceptors (Lipinski definition) is 8. The normalized spacial score (nSPS) is 16.3. The first-order valence-electron chi connectivity index (χ1n) is 11.4. The zero-order chi connectivity index (χ0) is 27.6. The monoisotopic (exact) mass is 537 g/mol. The van der Waals surface area contributed by atoms with Crippen molar-refractivity contribution < 1.29 is 38.4 Å². The van der Waals surface area contributed by atoms with Gasteiger partial charge in [0.25, 0.3) is 11.7 Å². The van der Waals surface area contributed by atoms with E-state index < -0.39 is 29.5 Å². The van der Waals surface area contributed by atoms with Crippen molar-refractivity contribution >= 4 is 40.7 Å². The van der Waals surface area contributed by atoms with Crippen LogP contribution in [0.25, 0.3) is 5.76 Å². The summed E-state index contributed by atoms with van der Waals surface area (Å²) in [7, 11) is 4.29. The van der Waals surface area contributed by atoms with Crippen LogP contribution in [-0.4, -0.2) is 44.1 Å². The van der Waals surface area contributed by atoms with Gasteiger partial charge in [-0.05, 0) is 48.0 Å². The van der Waals surface area contributed by atoms with Crippen molar-refractivity contribution in [3.8, 4) is 23.0 Å². The van der Waals surface area contributed by atoms with Crippen molar-refractivity contribution in [2.45, 2.75) is 13.0 Å². The van der Waals surface area contributed by atoms with Crippen LogP contribution in [-0.2, 0) is 14.4 Å². The van der Waals surface area contributed by atoms with Gasteiger partial charge in [-0.3, -0.25) is 19.3 Å². The molecule has 0 aliphatic carbocycles. The summed E-state index contributed by atoms with van der Waals surface area (Å²) in [6.07, 6.45) is 0. The molecule has 4 rings (SSSR count). The molecule has 1 heterocycles. The molecule has 0 bridgehead atoms. The molecule has 1 unspecified atom stereocenters. The Morgan fingerprint density at radius 2 is 1.58 bits per heavy atom. The maximum absolute atomic E-state index is 13.5. The van der Waals surface area contributed by atoms with Crippen molar-refractivity contribution in [2.24, 2.45) is 0 Å². The van der Waals surface area contributed by atoms with Crippen molar-refractivity contribution in [1.82, 2.24) is 0 Å². The Morgan fingerprint density at radius 1 is 0.895 bits per heavy atom. The van der Waals surface area contributed by atoms with Crippen molar-refractivity contribution in [1.29, 1.82) is 0 Å². The van der Waals surface area contributed by atoms with Gasteiger partial charge in [-0.1, -0.05) is 23.7 Å². The summed E-state index contributed by atoms with van der Waals surface area (Å²) in [5.41, 5.74) is 0.701. The zero-order valence-electron chi connectivity index (χ0n) is 21.0. The number of Topliss-reactive ketones (excluding diaryl/α,β-unsaturated/α-hetero) is 1. The van der Waals surface area contributed by atoms with Crippen molar-refractivity contribution in [3.63, 3.8) is 0 Å². The molecule has 0 aromatic heterocycles. The molecule has 0 radical (unpaired) electrons. The van der Waals surface area contributed by atoms with E-state index in [1.54, 1.807) is 42.5 Å². The molecule has 9 nitrogen and oxygen atoms in total. The van der Waals surface area contributed by atoms with Gasteiger partial charge in [0.15, 0.2) is 0 Å². The van der Waals surface area contributed by atoms with E-state index in [9.17, 15) is 19.5 Å². The molecule has 1 aliphatic rings. The number of benzene rings is 3. The van der Waals surface area contributed by atoms with Crippen LogP contribution < -0.4 is 23.8 Å². The number of rotatable bonds is 7. The SMILES string of the molecule is COc1ccc(N2C(=O)C(=O)/C(=C(/O)c3cc(OC)c(Cl)cc3OC)C2c2cccc(OC(C)=O)c2)cc1. The Bertz CT molecular complexity index is 1450. The highest BCUT2D eigenvalue weighted by atomic mass is 35.5. The van der Waals surface area contributed by atoms with Crippen LogP contribution in [0.3, 0.4) is 0 Å². The molecule has 0 spiro atoms. The Morgan fingerprint density at radius 3 is 2.18 bits per heavy atom. The molecule has 3 aromatic carbocycles. The number of amides is 1. The lowest BCUT2D eigenvalue weighted by Gasteiger charge is -2.26. The molecule has 1 aliphatic heterocycles. The van der Waals surface area contributed by atoms with Crippen LogP contribution >= 0.6 is 11.6 Å². The molecule has 10 heteroatoms. The number of esters is 1. The number of hydrogen-bond donors (Lipinski definition) is 1. The van der Waals surface area contributed by atoms with Gasteiger partial charge in [0.2, 0.25) is 0 Å². The summed E-state index contributed by atoms with van der Waals surface area (Å²) in [6.45, 7) is 1.26. The molecule has 196 valence electrons. The highest BCUT2D eigenvalue weighted by Gasteiger charge is 2.47. The molecule has 1 fully saturated rings. The van der Waals surface area contributed by atoms with E-state index in [0.29, 0.717) is 17.0 Å². The molecule has 1 atom stereocenters. The fourth-order valence-electron chi connectivity index (χ4n) is 4.26. The second-order valence-corrected chi connectivity index (χ2v) is 8.63. The van der Waals surface area contributed by atoms with Gasteiger partial charge in [-0.2, -0.15) is 0 Å². The molecule has 3 aromatic rings. The minimum absolute atomic E-state index is 0.0996. The second kappa shape index (κ2) is 10.9. The number of anilines is 1. The minimum Gasteiger partial charge on any atom is -0.507 e. The number of aliphatic hydroxyl groups is 1. The summed E-state index contributed by atoms with van der Waals surface area (Å²) >= 11 is 6.22. The first-order chi connectivity index (χ1) is 18.2. The molecule has 1 N–H and O–H groups in total.